The summed E-state index contributed by atoms with van der Waals surface area (Å²) in [6.07, 6.45) is 1.22. The fourth-order valence-electron chi connectivity index (χ4n) is 3.78. The maximum absolute atomic E-state index is 13.4. The number of amides is 1. The molecule has 0 radical (unpaired) electrons. The summed E-state index contributed by atoms with van der Waals surface area (Å²) in [5.74, 6) is 0.405. The Labute approximate surface area is 194 Å². The normalized spacial score (nSPS) is 18.1. The van der Waals surface area contributed by atoms with Crippen LogP contribution in [0.5, 0.6) is 11.5 Å². The Morgan fingerprint density at radius 2 is 1.97 bits per heavy atom. The van der Waals surface area contributed by atoms with Crippen molar-refractivity contribution in [3.8, 4) is 11.5 Å². The van der Waals surface area contributed by atoms with Gasteiger partial charge in [-0.05, 0) is 62.6 Å². The highest BCUT2D eigenvalue weighted by molar-refractivity contribution is 7.89. The lowest BCUT2D eigenvalue weighted by molar-refractivity contribution is -0.126. The molecule has 1 aliphatic heterocycles. The summed E-state index contributed by atoms with van der Waals surface area (Å²) in [7, 11) is -2.26. The second kappa shape index (κ2) is 10.6. The van der Waals surface area contributed by atoms with Crippen molar-refractivity contribution >= 4 is 27.5 Å². The van der Waals surface area contributed by atoms with E-state index in [4.69, 9.17) is 21.1 Å². The van der Waals surface area contributed by atoms with Crippen LogP contribution >= 0.6 is 11.6 Å². The van der Waals surface area contributed by atoms with E-state index in [0.29, 0.717) is 31.0 Å². The maximum Gasteiger partial charge on any atom is 0.246 e. The Hall–Kier alpha value is -2.29. The molecule has 2 aromatic carbocycles. The Morgan fingerprint density at radius 1 is 1.25 bits per heavy atom. The van der Waals surface area contributed by atoms with Crippen molar-refractivity contribution in [1.29, 1.82) is 0 Å². The number of piperidine rings is 1. The third-order valence-electron chi connectivity index (χ3n) is 5.55. The molecule has 1 aliphatic rings. The number of benzene rings is 2. The maximum atomic E-state index is 13.4. The van der Waals surface area contributed by atoms with E-state index in [-0.39, 0.29) is 29.1 Å². The third kappa shape index (κ3) is 5.54. The molecule has 1 heterocycles. The predicted octanol–water partition coefficient (Wildman–Crippen LogP) is 4.03. The van der Waals surface area contributed by atoms with Crippen LogP contribution in [0, 0.1) is 5.92 Å². The number of sulfonamides is 1. The molecule has 0 saturated carbocycles. The van der Waals surface area contributed by atoms with Gasteiger partial charge >= 0.3 is 0 Å². The molecule has 0 bridgehead atoms. The lowest BCUT2D eigenvalue weighted by Crippen LogP contribution is -2.45. The molecular formula is C23H29ClN2O5S. The SMILES string of the molecule is CCOc1ccc(Cl)cc1S(=O)(=O)N1CCC[C@H](C(=O)N[C@H](C)c2ccc(OC)cc2)C1. The zero-order chi connectivity index (χ0) is 23.3. The molecule has 1 fully saturated rings. The quantitative estimate of drug-likeness (QED) is 0.616. The van der Waals surface area contributed by atoms with Crippen LogP contribution in [-0.2, 0) is 14.8 Å². The summed E-state index contributed by atoms with van der Waals surface area (Å²) in [5, 5.41) is 3.32. The number of carbonyl (C=O) groups is 1. The van der Waals surface area contributed by atoms with Crippen LogP contribution in [0.1, 0.15) is 38.3 Å². The van der Waals surface area contributed by atoms with Crippen molar-refractivity contribution in [3.63, 3.8) is 0 Å². The second-order valence-electron chi connectivity index (χ2n) is 7.73. The molecule has 1 saturated heterocycles. The number of nitrogens with one attached hydrogen (secondary N) is 1. The first kappa shape index (κ1) is 24.4. The number of ether oxygens (including phenoxy) is 2. The Bertz CT molecular complexity index is 1040. The van der Waals surface area contributed by atoms with Gasteiger partial charge in [0.1, 0.15) is 16.4 Å². The molecule has 0 unspecified atom stereocenters. The topological polar surface area (TPSA) is 84.9 Å². The van der Waals surface area contributed by atoms with Gasteiger partial charge in [0, 0.05) is 18.1 Å². The minimum atomic E-state index is -3.86. The van der Waals surface area contributed by atoms with Gasteiger partial charge in [0.15, 0.2) is 0 Å². The molecular weight excluding hydrogens is 452 g/mol. The number of rotatable bonds is 8. The fraction of sp³-hybridized carbons (Fsp3) is 0.435. The summed E-state index contributed by atoms with van der Waals surface area (Å²) in [6.45, 7) is 4.48. The van der Waals surface area contributed by atoms with Crippen LogP contribution in [0.3, 0.4) is 0 Å². The number of halogens is 1. The number of hydrogen-bond acceptors (Lipinski definition) is 5. The lowest BCUT2D eigenvalue weighted by Gasteiger charge is -2.32. The van der Waals surface area contributed by atoms with Crippen molar-refractivity contribution in [1.82, 2.24) is 9.62 Å². The van der Waals surface area contributed by atoms with Crippen molar-refractivity contribution < 1.29 is 22.7 Å². The first-order chi connectivity index (χ1) is 15.3. The van der Waals surface area contributed by atoms with Gasteiger partial charge in [-0.1, -0.05) is 23.7 Å². The summed E-state index contributed by atoms with van der Waals surface area (Å²) in [4.78, 5) is 13.0. The van der Waals surface area contributed by atoms with Crippen molar-refractivity contribution in [3.05, 3.63) is 53.1 Å². The van der Waals surface area contributed by atoms with Crippen LogP contribution in [0.15, 0.2) is 47.4 Å². The molecule has 32 heavy (non-hydrogen) atoms. The highest BCUT2D eigenvalue weighted by Gasteiger charge is 2.35. The molecule has 3 rings (SSSR count). The summed E-state index contributed by atoms with van der Waals surface area (Å²) in [5.41, 5.74) is 0.944. The Morgan fingerprint density at radius 3 is 2.62 bits per heavy atom. The molecule has 2 aromatic rings. The number of hydrogen-bond donors (Lipinski definition) is 1. The molecule has 2 atom stereocenters. The van der Waals surface area contributed by atoms with Crippen LogP contribution in [0.2, 0.25) is 5.02 Å². The molecule has 7 nitrogen and oxygen atoms in total. The van der Waals surface area contributed by atoms with Crippen molar-refractivity contribution in [2.75, 3.05) is 26.8 Å². The van der Waals surface area contributed by atoms with E-state index in [1.807, 2.05) is 31.2 Å². The minimum absolute atomic E-state index is 0.0273. The standard InChI is InChI=1S/C23H29ClN2O5S/c1-4-31-21-12-9-19(24)14-22(21)32(28,29)26-13-5-6-18(15-26)23(27)25-16(2)17-7-10-20(30-3)11-8-17/h7-12,14,16,18H,4-6,13,15H2,1-3H3,(H,25,27)/t16-,18+/m1/s1. The first-order valence-corrected chi connectivity index (χ1v) is 12.4. The highest BCUT2D eigenvalue weighted by atomic mass is 35.5. The van der Waals surface area contributed by atoms with Gasteiger partial charge in [-0.15, -0.1) is 0 Å². The molecule has 1 amide bonds. The molecule has 1 N–H and O–H groups in total. The van der Waals surface area contributed by atoms with Gasteiger partial charge in [0.2, 0.25) is 15.9 Å². The third-order valence-corrected chi connectivity index (χ3v) is 7.67. The zero-order valence-corrected chi connectivity index (χ0v) is 20.1. The molecule has 9 heteroatoms. The monoisotopic (exact) mass is 480 g/mol. The summed E-state index contributed by atoms with van der Waals surface area (Å²) < 4.78 is 38.7. The molecule has 0 spiro atoms. The number of nitrogens with zero attached hydrogens (tertiary/aromatic N) is 1. The summed E-state index contributed by atoms with van der Waals surface area (Å²) in [6, 6.07) is 11.8. The van der Waals surface area contributed by atoms with Gasteiger partial charge < -0.3 is 14.8 Å². The van der Waals surface area contributed by atoms with Gasteiger partial charge in [0.25, 0.3) is 0 Å². The molecule has 174 valence electrons. The van der Waals surface area contributed by atoms with E-state index in [2.05, 4.69) is 5.32 Å². The largest absolute Gasteiger partial charge is 0.497 e. The van der Waals surface area contributed by atoms with Crippen molar-refractivity contribution in [2.24, 2.45) is 5.92 Å². The summed E-state index contributed by atoms with van der Waals surface area (Å²) >= 11 is 6.07. The number of methoxy groups -OCH3 is 1. The van der Waals surface area contributed by atoms with Gasteiger partial charge in [-0.3, -0.25) is 4.79 Å². The highest BCUT2D eigenvalue weighted by Crippen LogP contribution is 2.32. The van der Waals surface area contributed by atoms with Gasteiger partial charge in [-0.25, -0.2) is 8.42 Å². The smallest absolute Gasteiger partial charge is 0.246 e. The van der Waals surface area contributed by atoms with E-state index in [9.17, 15) is 13.2 Å². The van der Waals surface area contributed by atoms with Gasteiger partial charge in [-0.2, -0.15) is 4.31 Å². The predicted molar refractivity (Wildman–Crippen MR) is 124 cm³/mol. The first-order valence-electron chi connectivity index (χ1n) is 10.6. The average molecular weight is 481 g/mol. The number of carbonyl (C=O) groups excluding carboxylic acids is 1. The Kier molecular flexibility index (Phi) is 8.03. The lowest BCUT2D eigenvalue weighted by atomic mass is 9.98. The van der Waals surface area contributed by atoms with Crippen LogP contribution in [0.4, 0.5) is 0 Å². The van der Waals surface area contributed by atoms with E-state index < -0.39 is 15.9 Å². The van der Waals surface area contributed by atoms with E-state index in [0.717, 1.165) is 11.3 Å². The van der Waals surface area contributed by atoms with Gasteiger partial charge in [0.05, 0.1) is 25.7 Å². The van der Waals surface area contributed by atoms with E-state index in [1.54, 1.807) is 26.2 Å². The zero-order valence-electron chi connectivity index (χ0n) is 18.5. The molecule has 0 aliphatic carbocycles. The second-order valence-corrected chi connectivity index (χ2v) is 10.1. The van der Waals surface area contributed by atoms with E-state index >= 15 is 0 Å². The fourth-order valence-corrected chi connectivity index (χ4v) is 5.70. The minimum Gasteiger partial charge on any atom is -0.497 e. The Balaban J connectivity index is 1.73. The van der Waals surface area contributed by atoms with Crippen LogP contribution < -0.4 is 14.8 Å². The molecule has 0 aromatic heterocycles. The van der Waals surface area contributed by atoms with E-state index in [1.165, 1.54) is 10.4 Å². The van der Waals surface area contributed by atoms with Crippen LogP contribution in [-0.4, -0.2) is 45.4 Å². The van der Waals surface area contributed by atoms with Crippen LogP contribution in [0.25, 0.3) is 0 Å². The van der Waals surface area contributed by atoms with Crippen molar-refractivity contribution in [2.45, 2.75) is 37.6 Å². The average Bonchev–Trinajstić information content (AvgIpc) is 2.80.